The molecule has 0 aliphatic heterocycles. The van der Waals surface area contributed by atoms with E-state index in [9.17, 15) is 18.0 Å². The van der Waals surface area contributed by atoms with Gasteiger partial charge in [0.2, 0.25) is 11.8 Å². The maximum Gasteiger partial charge on any atom is 0.264 e. The molecule has 0 aliphatic carbocycles. The van der Waals surface area contributed by atoms with Gasteiger partial charge in [0, 0.05) is 23.1 Å². The molecule has 0 spiro atoms. The van der Waals surface area contributed by atoms with Gasteiger partial charge in [0.25, 0.3) is 10.0 Å². The number of amides is 2. The first-order valence-electron chi connectivity index (χ1n) is 13.6. The summed E-state index contributed by atoms with van der Waals surface area (Å²) < 4.78 is 28.9. The lowest BCUT2D eigenvalue weighted by Gasteiger charge is -2.33. The van der Waals surface area contributed by atoms with Gasteiger partial charge in [-0.1, -0.05) is 84.9 Å². The van der Waals surface area contributed by atoms with E-state index >= 15 is 0 Å². The summed E-state index contributed by atoms with van der Waals surface area (Å²) in [5.41, 5.74) is 2.79. The molecule has 3 rings (SSSR count). The molecule has 41 heavy (non-hydrogen) atoms. The molecule has 220 valence electrons. The summed E-state index contributed by atoms with van der Waals surface area (Å²) >= 11 is 12.6. The normalized spacial score (nSPS) is 12.0. The number of carbonyl (C=O) groups is 2. The second-order valence-corrected chi connectivity index (χ2v) is 12.7. The third-order valence-electron chi connectivity index (χ3n) is 6.78. The molecule has 0 saturated heterocycles. The third kappa shape index (κ3) is 8.47. The molecule has 1 N–H and O–H groups in total. The van der Waals surface area contributed by atoms with Crippen molar-refractivity contribution in [1.82, 2.24) is 10.2 Å². The maximum absolute atomic E-state index is 14.1. The van der Waals surface area contributed by atoms with E-state index in [4.69, 9.17) is 23.2 Å². The monoisotopic (exact) mass is 617 g/mol. The van der Waals surface area contributed by atoms with E-state index in [-0.39, 0.29) is 17.3 Å². The summed E-state index contributed by atoms with van der Waals surface area (Å²) in [5, 5.41) is 3.70. The summed E-state index contributed by atoms with van der Waals surface area (Å²) in [6, 6.07) is 17.5. The number of hydrogen-bond acceptors (Lipinski definition) is 4. The van der Waals surface area contributed by atoms with E-state index in [1.807, 2.05) is 27.7 Å². The van der Waals surface area contributed by atoms with E-state index in [1.54, 1.807) is 54.6 Å². The van der Waals surface area contributed by atoms with Crippen molar-refractivity contribution in [3.05, 3.63) is 93.5 Å². The fourth-order valence-corrected chi connectivity index (χ4v) is 6.22. The number of aryl methyl sites for hydroxylation is 2. The van der Waals surface area contributed by atoms with E-state index in [0.29, 0.717) is 34.3 Å². The van der Waals surface area contributed by atoms with Gasteiger partial charge in [0.15, 0.2) is 0 Å². The van der Waals surface area contributed by atoms with Crippen LogP contribution in [0, 0.1) is 13.8 Å². The van der Waals surface area contributed by atoms with Crippen molar-refractivity contribution in [1.29, 1.82) is 0 Å². The van der Waals surface area contributed by atoms with Crippen LogP contribution in [0.1, 0.15) is 49.8 Å². The highest BCUT2D eigenvalue weighted by atomic mass is 35.5. The lowest BCUT2D eigenvalue weighted by molar-refractivity contribution is -0.140. The van der Waals surface area contributed by atoms with E-state index in [0.717, 1.165) is 28.3 Å². The van der Waals surface area contributed by atoms with Crippen molar-refractivity contribution < 1.29 is 18.0 Å². The van der Waals surface area contributed by atoms with Crippen molar-refractivity contribution in [3.8, 4) is 0 Å². The van der Waals surface area contributed by atoms with Gasteiger partial charge in [-0.25, -0.2) is 8.42 Å². The molecule has 1 atom stereocenters. The average Bonchev–Trinajstić information content (AvgIpc) is 2.93. The highest BCUT2D eigenvalue weighted by Gasteiger charge is 2.34. The Morgan fingerprint density at radius 1 is 0.902 bits per heavy atom. The number of nitrogens with zero attached hydrogens (tertiary/aromatic N) is 2. The van der Waals surface area contributed by atoms with Crippen molar-refractivity contribution in [3.63, 3.8) is 0 Å². The zero-order valence-corrected chi connectivity index (χ0v) is 26.2. The number of hydrogen-bond donors (Lipinski definition) is 1. The molecule has 3 aromatic rings. The quantitative estimate of drug-likeness (QED) is 0.221. The lowest BCUT2D eigenvalue weighted by Crippen LogP contribution is -2.52. The minimum Gasteiger partial charge on any atom is -0.354 e. The minimum absolute atomic E-state index is 0.000850. The molecule has 0 radical (unpaired) electrons. The van der Waals surface area contributed by atoms with Crippen molar-refractivity contribution in [2.24, 2.45) is 0 Å². The molecule has 10 heteroatoms. The first kappa shape index (κ1) is 32.4. The Morgan fingerprint density at radius 2 is 1.51 bits per heavy atom. The zero-order valence-electron chi connectivity index (χ0n) is 23.9. The van der Waals surface area contributed by atoms with Crippen LogP contribution in [0.3, 0.4) is 0 Å². The maximum atomic E-state index is 14.1. The van der Waals surface area contributed by atoms with Crippen LogP contribution in [0.25, 0.3) is 0 Å². The van der Waals surface area contributed by atoms with Crippen LogP contribution in [0.15, 0.2) is 71.6 Å². The Kier molecular flexibility index (Phi) is 11.6. The Bertz CT molecular complexity index is 1450. The fourth-order valence-electron chi connectivity index (χ4n) is 4.34. The Labute approximate surface area is 253 Å². The van der Waals surface area contributed by atoms with E-state index < -0.39 is 28.5 Å². The zero-order chi connectivity index (χ0) is 30.2. The van der Waals surface area contributed by atoms with E-state index in [1.165, 1.54) is 17.0 Å². The molecule has 0 heterocycles. The van der Waals surface area contributed by atoms with Crippen LogP contribution in [0.2, 0.25) is 10.0 Å². The van der Waals surface area contributed by atoms with Gasteiger partial charge in [-0.3, -0.25) is 13.9 Å². The highest BCUT2D eigenvalue weighted by molar-refractivity contribution is 7.92. The minimum atomic E-state index is -4.13. The fraction of sp³-hybridized carbons (Fsp3) is 0.355. The second-order valence-electron chi connectivity index (χ2n) is 9.99. The molecule has 3 aromatic carbocycles. The molecule has 0 fully saturated rings. The van der Waals surface area contributed by atoms with Crippen molar-refractivity contribution in [2.45, 2.75) is 64.4 Å². The first-order chi connectivity index (χ1) is 19.5. The predicted octanol–water partition coefficient (Wildman–Crippen LogP) is 6.53. The van der Waals surface area contributed by atoms with Crippen LogP contribution in [0.4, 0.5) is 5.69 Å². The van der Waals surface area contributed by atoms with Crippen LogP contribution in [0.5, 0.6) is 0 Å². The molecule has 0 aromatic heterocycles. The summed E-state index contributed by atoms with van der Waals surface area (Å²) in [6.07, 6.45) is 2.03. The molecule has 2 amide bonds. The van der Waals surface area contributed by atoms with E-state index in [2.05, 4.69) is 5.32 Å². The number of carbonyl (C=O) groups excluding carboxylic acids is 2. The van der Waals surface area contributed by atoms with Gasteiger partial charge in [-0.2, -0.15) is 0 Å². The Morgan fingerprint density at radius 3 is 2.07 bits per heavy atom. The number of sulfonamides is 1. The van der Waals surface area contributed by atoms with Gasteiger partial charge in [0.05, 0.1) is 10.6 Å². The predicted molar refractivity (Wildman–Crippen MR) is 166 cm³/mol. The first-order valence-corrected chi connectivity index (χ1v) is 15.8. The Hall–Kier alpha value is -3.07. The summed E-state index contributed by atoms with van der Waals surface area (Å²) in [5.74, 6) is -0.840. The summed E-state index contributed by atoms with van der Waals surface area (Å²) in [7, 11) is -4.13. The number of benzene rings is 3. The molecule has 0 saturated carbocycles. The standard InChI is InChI=1S/C31H37Cl2N3O4S/c1-5-7-18-34-31(38)29(6-2)35(20-24-12-13-25(32)19-28(24)33)30(37)21-36(26-14-8-22(3)9-15-26)41(39,40)27-16-10-23(4)11-17-27/h8-17,19,29H,5-7,18,20-21H2,1-4H3,(H,34,38)/t29-/m0/s1. The number of unbranched alkanes of at least 4 members (excludes halogenated alkanes) is 1. The highest BCUT2D eigenvalue weighted by Crippen LogP contribution is 2.27. The van der Waals surface area contributed by atoms with Crippen molar-refractivity contribution >= 4 is 50.7 Å². The van der Waals surface area contributed by atoms with Crippen LogP contribution in [-0.2, 0) is 26.2 Å². The summed E-state index contributed by atoms with van der Waals surface area (Å²) in [4.78, 5) is 28.9. The van der Waals surface area contributed by atoms with Crippen molar-refractivity contribution in [2.75, 3.05) is 17.4 Å². The SMILES string of the molecule is CCCCNC(=O)[C@H](CC)N(Cc1ccc(Cl)cc1Cl)C(=O)CN(c1ccc(C)cc1)S(=O)(=O)c1ccc(C)cc1. The number of nitrogens with one attached hydrogen (secondary N) is 1. The van der Waals surface area contributed by atoms with Gasteiger partial charge < -0.3 is 10.2 Å². The number of halogens is 2. The van der Waals surface area contributed by atoms with Gasteiger partial charge in [-0.05, 0) is 68.7 Å². The molecular weight excluding hydrogens is 581 g/mol. The van der Waals surface area contributed by atoms with Crippen LogP contribution in [-0.4, -0.2) is 44.3 Å². The molecule has 0 bridgehead atoms. The molecular formula is C31H37Cl2N3O4S. The third-order valence-corrected chi connectivity index (χ3v) is 9.16. The number of anilines is 1. The largest absolute Gasteiger partial charge is 0.354 e. The van der Waals surface area contributed by atoms with Crippen LogP contribution < -0.4 is 9.62 Å². The topological polar surface area (TPSA) is 86.8 Å². The molecule has 0 aliphatic rings. The lowest BCUT2D eigenvalue weighted by atomic mass is 10.1. The van der Waals surface area contributed by atoms with Gasteiger partial charge >= 0.3 is 0 Å². The summed E-state index contributed by atoms with van der Waals surface area (Å²) in [6.45, 7) is 7.57. The molecule has 0 unspecified atom stereocenters. The van der Waals surface area contributed by atoms with Crippen LogP contribution >= 0.6 is 23.2 Å². The average molecular weight is 619 g/mol. The second kappa shape index (κ2) is 14.7. The smallest absolute Gasteiger partial charge is 0.264 e. The van der Waals surface area contributed by atoms with Gasteiger partial charge in [0.1, 0.15) is 12.6 Å². The molecule has 7 nitrogen and oxygen atoms in total. The Balaban J connectivity index is 2.05. The number of rotatable bonds is 13. The van der Waals surface area contributed by atoms with Gasteiger partial charge in [-0.15, -0.1) is 0 Å².